The maximum Gasteiger partial charge on any atom is 0.264 e. The van der Waals surface area contributed by atoms with E-state index < -0.39 is 6.10 Å². The molecule has 0 aromatic heterocycles. The highest BCUT2D eigenvalue weighted by molar-refractivity contribution is 5.94. The molecule has 2 aromatic carbocycles. The fourth-order valence-corrected chi connectivity index (χ4v) is 3.50. The van der Waals surface area contributed by atoms with Crippen molar-refractivity contribution in [3.63, 3.8) is 0 Å². The van der Waals surface area contributed by atoms with Gasteiger partial charge >= 0.3 is 0 Å². The van der Waals surface area contributed by atoms with Crippen molar-refractivity contribution in [2.24, 2.45) is 0 Å². The number of amides is 2. The van der Waals surface area contributed by atoms with E-state index in [2.05, 4.69) is 5.32 Å². The first-order valence-electron chi connectivity index (χ1n) is 9.75. The summed E-state index contributed by atoms with van der Waals surface area (Å²) in [5.74, 6) is 1.10. The third-order valence-corrected chi connectivity index (χ3v) is 5.11. The summed E-state index contributed by atoms with van der Waals surface area (Å²) in [7, 11) is 0. The normalized spacial score (nSPS) is 18.4. The van der Waals surface area contributed by atoms with Crippen molar-refractivity contribution in [1.29, 1.82) is 0 Å². The van der Waals surface area contributed by atoms with Gasteiger partial charge in [0.25, 0.3) is 11.8 Å². The van der Waals surface area contributed by atoms with Crippen LogP contribution < -0.4 is 14.8 Å². The third kappa shape index (κ3) is 4.11. The molecule has 2 aromatic rings. The molecule has 6 heteroatoms. The number of piperidine rings is 1. The number of fused-ring (bicyclic) bond motifs is 1. The molecule has 1 atom stereocenters. The Bertz CT molecular complexity index is 844. The Morgan fingerprint density at radius 1 is 0.964 bits per heavy atom. The second-order valence-corrected chi connectivity index (χ2v) is 7.13. The predicted molar refractivity (Wildman–Crippen MR) is 104 cm³/mol. The van der Waals surface area contributed by atoms with E-state index in [4.69, 9.17) is 9.47 Å². The molecule has 146 valence electrons. The van der Waals surface area contributed by atoms with E-state index in [0.29, 0.717) is 23.6 Å². The van der Waals surface area contributed by atoms with Crippen LogP contribution >= 0.6 is 0 Å². The average Bonchev–Trinajstić information content (AvgIpc) is 2.77. The molecule has 1 unspecified atom stereocenters. The van der Waals surface area contributed by atoms with Gasteiger partial charge in [0, 0.05) is 25.2 Å². The first-order valence-corrected chi connectivity index (χ1v) is 9.75. The maximum absolute atomic E-state index is 12.5. The molecular weight excluding hydrogens is 356 g/mol. The summed E-state index contributed by atoms with van der Waals surface area (Å²) in [6, 6.07) is 14.7. The van der Waals surface area contributed by atoms with Crippen LogP contribution in [0.2, 0.25) is 0 Å². The van der Waals surface area contributed by atoms with E-state index in [-0.39, 0.29) is 18.4 Å². The summed E-state index contributed by atoms with van der Waals surface area (Å²) in [5, 5.41) is 2.87. The zero-order valence-electron chi connectivity index (χ0n) is 15.7. The second-order valence-electron chi connectivity index (χ2n) is 7.13. The summed E-state index contributed by atoms with van der Waals surface area (Å²) in [6.07, 6.45) is 2.68. The molecule has 1 fully saturated rings. The minimum absolute atomic E-state index is 0.0849. The van der Waals surface area contributed by atoms with Crippen LogP contribution in [0.5, 0.6) is 11.5 Å². The fourth-order valence-electron chi connectivity index (χ4n) is 3.50. The SMILES string of the molecule is O=C(NCc1ccc(C(=O)N2CCCCC2)cc1)C1COc2ccccc2O1. The zero-order chi connectivity index (χ0) is 19.3. The van der Waals surface area contributed by atoms with Gasteiger partial charge in [0.2, 0.25) is 6.10 Å². The van der Waals surface area contributed by atoms with E-state index in [1.165, 1.54) is 6.42 Å². The van der Waals surface area contributed by atoms with Crippen molar-refractivity contribution in [2.75, 3.05) is 19.7 Å². The number of carbonyl (C=O) groups is 2. The fraction of sp³-hybridized carbons (Fsp3) is 0.364. The van der Waals surface area contributed by atoms with Crippen molar-refractivity contribution in [3.05, 3.63) is 59.7 Å². The summed E-state index contributed by atoms with van der Waals surface area (Å²) in [6.45, 7) is 2.23. The van der Waals surface area contributed by atoms with Crippen molar-refractivity contribution in [2.45, 2.75) is 31.9 Å². The molecule has 2 heterocycles. The molecule has 2 amide bonds. The van der Waals surface area contributed by atoms with Crippen molar-refractivity contribution in [1.82, 2.24) is 10.2 Å². The molecular formula is C22H24N2O4. The van der Waals surface area contributed by atoms with Crippen LogP contribution in [0.3, 0.4) is 0 Å². The van der Waals surface area contributed by atoms with Crippen LogP contribution in [0.1, 0.15) is 35.2 Å². The zero-order valence-corrected chi connectivity index (χ0v) is 15.7. The summed E-state index contributed by atoms with van der Waals surface area (Å²) in [5.41, 5.74) is 1.62. The smallest absolute Gasteiger partial charge is 0.264 e. The van der Waals surface area contributed by atoms with Crippen LogP contribution in [-0.2, 0) is 11.3 Å². The van der Waals surface area contributed by atoms with E-state index in [1.54, 1.807) is 6.07 Å². The lowest BCUT2D eigenvalue weighted by Gasteiger charge is -2.26. The Morgan fingerprint density at radius 2 is 1.68 bits per heavy atom. The lowest BCUT2D eigenvalue weighted by molar-refractivity contribution is -0.130. The number of likely N-dealkylation sites (tertiary alicyclic amines) is 1. The Labute approximate surface area is 164 Å². The second kappa shape index (κ2) is 8.33. The molecule has 0 spiro atoms. The molecule has 0 aliphatic carbocycles. The lowest BCUT2D eigenvalue weighted by atomic mass is 10.1. The summed E-state index contributed by atoms with van der Waals surface area (Å²) < 4.78 is 11.3. The number of rotatable bonds is 4. The molecule has 6 nitrogen and oxygen atoms in total. The van der Waals surface area contributed by atoms with Crippen LogP contribution in [0.25, 0.3) is 0 Å². The molecule has 28 heavy (non-hydrogen) atoms. The van der Waals surface area contributed by atoms with Gasteiger partial charge in [0.1, 0.15) is 6.61 Å². The summed E-state index contributed by atoms with van der Waals surface area (Å²) in [4.78, 5) is 26.8. The Balaban J connectivity index is 1.30. The highest BCUT2D eigenvalue weighted by atomic mass is 16.6. The first-order chi connectivity index (χ1) is 13.7. The van der Waals surface area contributed by atoms with Gasteiger partial charge in [-0.3, -0.25) is 9.59 Å². The first kappa shape index (κ1) is 18.3. The van der Waals surface area contributed by atoms with Crippen LogP contribution in [0.15, 0.2) is 48.5 Å². The molecule has 1 saturated heterocycles. The molecule has 4 rings (SSSR count). The minimum atomic E-state index is -0.671. The Morgan fingerprint density at radius 3 is 2.43 bits per heavy atom. The maximum atomic E-state index is 12.5. The van der Waals surface area contributed by atoms with Gasteiger partial charge in [-0.2, -0.15) is 0 Å². The number of nitrogens with one attached hydrogen (secondary N) is 1. The Kier molecular flexibility index (Phi) is 5.46. The number of hydrogen-bond acceptors (Lipinski definition) is 4. The Hall–Kier alpha value is -3.02. The number of benzene rings is 2. The van der Waals surface area contributed by atoms with Gasteiger partial charge in [-0.1, -0.05) is 24.3 Å². The lowest BCUT2D eigenvalue weighted by Crippen LogP contribution is -2.43. The number of nitrogens with zero attached hydrogens (tertiary/aromatic N) is 1. The quantitative estimate of drug-likeness (QED) is 0.886. The van der Waals surface area contributed by atoms with Crippen molar-refractivity contribution in [3.8, 4) is 11.5 Å². The standard InChI is InChI=1S/C22H24N2O4/c25-21(20-15-27-18-6-2-3-7-19(18)28-20)23-14-16-8-10-17(11-9-16)22(26)24-12-4-1-5-13-24/h2-3,6-11,20H,1,4-5,12-15H2,(H,23,25). The van der Waals surface area contributed by atoms with Crippen LogP contribution in [0, 0.1) is 0 Å². The number of hydrogen-bond donors (Lipinski definition) is 1. The predicted octanol–water partition coefficient (Wildman–Crippen LogP) is 2.77. The monoisotopic (exact) mass is 380 g/mol. The van der Waals surface area contributed by atoms with E-state index in [1.807, 2.05) is 47.4 Å². The minimum Gasteiger partial charge on any atom is -0.485 e. The van der Waals surface area contributed by atoms with Crippen LogP contribution in [0.4, 0.5) is 0 Å². The van der Waals surface area contributed by atoms with Crippen molar-refractivity contribution < 1.29 is 19.1 Å². The van der Waals surface area contributed by atoms with Gasteiger partial charge in [-0.25, -0.2) is 0 Å². The topological polar surface area (TPSA) is 67.9 Å². The molecule has 0 bridgehead atoms. The van der Waals surface area contributed by atoms with Gasteiger partial charge in [0.15, 0.2) is 11.5 Å². The van der Waals surface area contributed by atoms with Crippen molar-refractivity contribution >= 4 is 11.8 Å². The molecule has 2 aliphatic rings. The van der Waals surface area contributed by atoms with E-state index in [9.17, 15) is 9.59 Å². The van der Waals surface area contributed by atoms with Gasteiger partial charge in [0.05, 0.1) is 0 Å². The van der Waals surface area contributed by atoms with Gasteiger partial charge < -0.3 is 19.7 Å². The molecule has 2 aliphatic heterocycles. The van der Waals surface area contributed by atoms with Gasteiger partial charge in [-0.05, 0) is 49.1 Å². The summed E-state index contributed by atoms with van der Waals surface area (Å²) >= 11 is 0. The highest BCUT2D eigenvalue weighted by Crippen LogP contribution is 2.30. The molecule has 0 radical (unpaired) electrons. The van der Waals surface area contributed by atoms with E-state index in [0.717, 1.165) is 31.5 Å². The molecule has 1 N–H and O–H groups in total. The molecule has 0 saturated carbocycles. The highest BCUT2D eigenvalue weighted by Gasteiger charge is 2.27. The average molecular weight is 380 g/mol. The van der Waals surface area contributed by atoms with E-state index >= 15 is 0 Å². The number of ether oxygens (including phenoxy) is 2. The third-order valence-electron chi connectivity index (χ3n) is 5.11. The number of carbonyl (C=O) groups excluding carboxylic acids is 2. The largest absolute Gasteiger partial charge is 0.485 e. The number of para-hydroxylation sites is 2. The van der Waals surface area contributed by atoms with Crippen LogP contribution in [-0.4, -0.2) is 42.5 Å². The van der Waals surface area contributed by atoms with Gasteiger partial charge in [-0.15, -0.1) is 0 Å².